The highest BCUT2D eigenvalue weighted by molar-refractivity contribution is 5.91. The highest BCUT2D eigenvalue weighted by Gasteiger charge is 2.40. The lowest BCUT2D eigenvalue weighted by atomic mass is 9.73. The Morgan fingerprint density at radius 3 is 2.63 bits per heavy atom. The Bertz CT molecular complexity index is 999. The minimum Gasteiger partial charge on any atom is -0.465 e. The highest BCUT2D eigenvalue weighted by atomic mass is 16.5. The van der Waals surface area contributed by atoms with Crippen molar-refractivity contribution in [1.29, 1.82) is 10.7 Å². The van der Waals surface area contributed by atoms with Gasteiger partial charge in [0.15, 0.2) is 0 Å². The summed E-state index contributed by atoms with van der Waals surface area (Å²) in [5.74, 6) is -0.667. The second-order valence-corrected chi connectivity index (χ2v) is 6.68. The molecule has 1 aliphatic carbocycles. The summed E-state index contributed by atoms with van der Waals surface area (Å²) in [7, 11) is 1.35. The van der Waals surface area contributed by atoms with E-state index < -0.39 is 11.9 Å². The molecule has 0 fully saturated rings. The Hall–Kier alpha value is -3.39. The van der Waals surface area contributed by atoms with E-state index in [1.54, 1.807) is 12.1 Å². The summed E-state index contributed by atoms with van der Waals surface area (Å²) in [6, 6.07) is 17.3. The molecule has 0 saturated heterocycles. The normalized spacial score (nSPS) is 20.8. The summed E-state index contributed by atoms with van der Waals surface area (Å²) in [5.41, 5.74) is 4.59. The van der Waals surface area contributed by atoms with Crippen LogP contribution in [0.1, 0.15) is 39.4 Å². The standard InChI is InChI=1S/C22H18N2O3/c1-26-22(25)15-8-6-14(7-9-15)19-17-11-10-13-4-2-3-5-16(13)20(17)27-21(24)18(19)12-23/h2-9,18-19,24H,10-11H2,1H3. The number of aryl methyl sites for hydroxylation is 1. The van der Waals surface area contributed by atoms with E-state index in [0.29, 0.717) is 11.3 Å². The van der Waals surface area contributed by atoms with Crippen molar-refractivity contribution in [1.82, 2.24) is 0 Å². The van der Waals surface area contributed by atoms with Crippen LogP contribution >= 0.6 is 0 Å². The molecule has 2 aromatic carbocycles. The Kier molecular flexibility index (Phi) is 4.25. The third-order valence-corrected chi connectivity index (χ3v) is 5.25. The SMILES string of the molecule is COC(=O)c1ccc(C2C3=C(OC(=N)C2C#N)c2ccccc2CC3)cc1. The van der Waals surface area contributed by atoms with Gasteiger partial charge in [-0.3, -0.25) is 5.41 Å². The molecule has 0 amide bonds. The number of nitrogens with one attached hydrogen (secondary N) is 1. The van der Waals surface area contributed by atoms with E-state index in [-0.39, 0.29) is 11.8 Å². The van der Waals surface area contributed by atoms with Gasteiger partial charge in [-0.15, -0.1) is 0 Å². The van der Waals surface area contributed by atoms with Crippen LogP contribution < -0.4 is 0 Å². The fourth-order valence-electron chi connectivity index (χ4n) is 3.93. The van der Waals surface area contributed by atoms with Gasteiger partial charge >= 0.3 is 5.97 Å². The zero-order valence-electron chi connectivity index (χ0n) is 14.9. The van der Waals surface area contributed by atoms with Crippen molar-refractivity contribution in [3.63, 3.8) is 0 Å². The number of allylic oxidation sites excluding steroid dienone is 1. The van der Waals surface area contributed by atoms with Crippen LogP contribution in [0.15, 0.2) is 54.1 Å². The maximum absolute atomic E-state index is 11.7. The number of carbonyl (C=O) groups excluding carboxylic acids is 1. The first-order valence-corrected chi connectivity index (χ1v) is 8.79. The van der Waals surface area contributed by atoms with Crippen molar-refractivity contribution in [3.8, 4) is 6.07 Å². The third kappa shape index (κ3) is 2.80. The lowest BCUT2D eigenvalue weighted by Crippen LogP contribution is -2.31. The second-order valence-electron chi connectivity index (χ2n) is 6.68. The van der Waals surface area contributed by atoms with E-state index >= 15 is 0 Å². The number of benzene rings is 2. The minimum atomic E-state index is -0.682. The van der Waals surface area contributed by atoms with Gasteiger partial charge in [-0.05, 0) is 41.7 Å². The maximum atomic E-state index is 11.7. The molecule has 0 radical (unpaired) electrons. The van der Waals surface area contributed by atoms with E-state index in [1.807, 2.05) is 30.3 Å². The van der Waals surface area contributed by atoms with Gasteiger partial charge in [0.2, 0.25) is 5.90 Å². The van der Waals surface area contributed by atoms with Crippen molar-refractivity contribution >= 4 is 17.6 Å². The topological polar surface area (TPSA) is 83.2 Å². The first kappa shape index (κ1) is 17.0. The number of nitriles is 1. The van der Waals surface area contributed by atoms with Crippen molar-refractivity contribution in [3.05, 3.63) is 76.4 Å². The van der Waals surface area contributed by atoms with Crippen LogP contribution in [-0.4, -0.2) is 19.0 Å². The number of methoxy groups -OCH3 is 1. The molecule has 1 aliphatic heterocycles. The van der Waals surface area contributed by atoms with E-state index in [1.165, 1.54) is 12.7 Å². The maximum Gasteiger partial charge on any atom is 0.337 e. The molecule has 0 spiro atoms. The summed E-state index contributed by atoms with van der Waals surface area (Å²) in [5, 5.41) is 18.0. The third-order valence-electron chi connectivity index (χ3n) is 5.25. The van der Waals surface area contributed by atoms with Crippen LogP contribution in [0, 0.1) is 22.7 Å². The summed E-state index contributed by atoms with van der Waals surface area (Å²) in [6.07, 6.45) is 1.65. The van der Waals surface area contributed by atoms with E-state index in [4.69, 9.17) is 14.9 Å². The van der Waals surface area contributed by atoms with Gasteiger partial charge in [0.1, 0.15) is 11.7 Å². The number of hydrogen-bond donors (Lipinski definition) is 1. The van der Waals surface area contributed by atoms with E-state index in [9.17, 15) is 10.1 Å². The molecule has 0 aromatic heterocycles. The number of ether oxygens (including phenoxy) is 2. The highest BCUT2D eigenvalue weighted by Crippen LogP contribution is 2.47. The minimum absolute atomic E-state index is 0.0324. The predicted molar refractivity (Wildman–Crippen MR) is 100 cm³/mol. The Morgan fingerprint density at radius 2 is 1.93 bits per heavy atom. The van der Waals surface area contributed by atoms with Gasteiger partial charge in [0.05, 0.1) is 18.7 Å². The molecule has 4 rings (SSSR count). The van der Waals surface area contributed by atoms with Crippen LogP contribution in [0.4, 0.5) is 0 Å². The summed E-state index contributed by atoms with van der Waals surface area (Å²) >= 11 is 0. The van der Waals surface area contributed by atoms with E-state index in [2.05, 4.69) is 12.1 Å². The summed E-state index contributed by atoms with van der Waals surface area (Å²) in [6.45, 7) is 0. The van der Waals surface area contributed by atoms with Crippen LogP contribution in [0.5, 0.6) is 0 Å². The van der Waals surface area contributed by atoms with Crippen LogP contribution in [-0.2, 0) is 15.9 Å². The average molecular weight is 358 g/mol. The van der Waals surface area contributed by atoms with Crippen LogP contribution in [0.25, 0.3) is 5.76 Å². The molecule has 5 heteroatoms. The van der Waals surface area contributed by atoms with Crippen LogP contribution in [0.3, 0.4) is 0 Å². The zero-order valence-corrected chi connectivity index (χ0v) is 14.9. The Labute approximate surface area is 157 Å². The number of rotatable bonds is 2. The molecule has 0 bridgehead atoms. The molecule has 27 heavy (non-hydrogen) atoms. The summed E-state index contributed by atoms with van der Waals surface area (Å²) in [4.78, 5) is 11.7. The van der Waals surface area contributed by atoms with Gasteiger partial charge in [-0.2, -0.15) is 5.26 Å². The number of fused-ring (bicyclic) bond motifs is 2. The molecule has 5 nitrogen and oxygen atoms in total. The largest absolute Gasteiger partial charge is 0.465 e. The van der Waals surface area contributed by atoms with Gasteiger partial charge in [-0.25, -0.2) is 4.79 Å². The number of esters is 1. The van der Waals surface area contributed by atoms with Gasteiger partial charge in [-0.1, -0.05) is 36.4 Å². The van der Waals surface area contributed by atoms with Crippen molar-refractivity contribution in [2.75, 3.05) is 7.11 Å². The predicted octanol–water partition coefficient (Wildman–Crippen LogP) is 4.06. The first-order valence-electron chi connectivity index (χ1n) is 8.79. The first-order chi connectivity index (χ1) is 13.1. The van der Waals surface area contributed by atoms with Gasteiger partial charge in [0.25, 0.3) is 0 Å². The molecule has 134 valence electrons. The molecule has 1 N–H and O–H groups in total. The second kappa shape index (κ2) is 6.73. The number of carbonyl (C=O) groups is 1. The van der Waals surface area contributed by atoms with Gasteiger partial charge < -0.3 is 9.47 Å². The lowest BCUT2D eigenvalue weighted by molar-refractivity contribution is 0.0600. The van der Waals surface area contributed by atoms with Crippen molar-refractivity contribution in [2.45, 2.75) is 18.8 Å². The fraction of sp³-hybridized carbons (Fsp3) is 0.227. The molecule has 1 heterocycles. The van der Waals surface area contributed by atoms with Crippen molar-refractivity contribution < 1.29 is 14.3 Å². The van der Waals surface area contributed by atoms with E-state index in [0.717, 1.165) is 29.5 Å². The molecule has 0 saturated carbocycles. The molecule has 2 aliphatic rings. The number of hydrogen-bond acceptors (Lipinski definition) is 5. The molecule has 2 atom stereocenters. The van der Waals surface area contributed by atoms with Gasteiger partial charge in [0, 0.05) is 11.5 Å². The smallest absolute Gasteiger partial charge is 0.337 e. The monoisotopic (exact) mass is 358 g/mol. The number of nitrogens with zero attached hydrogens (tertiary/aromatic N) is 1. The average Bonchev–Trinajstić information content (AvgIpc) is 2.72. The molecule has 2 unspecified atom stereocenters. The summed E-state index contributed by atoms with van der Waals surface area (Å²) < 4.78 is 10.6. The van der Waals surface area contributed by atoms with Crippen LogP contribution in [0.2, 0.25) is 0 Å². The fourth-order valence-corrected chi connectivity index (χ4v) is 3.93. The molecule has 2 aromatic rings. The molecular weight excluding hydrogens is 340 g/mol. The van der Waals surface area contributed by atoms with Crippen molar-refractivity contribution in [2.24, 2.45) is 5.92 Å². The lowest BCUT2D eigenvalue weighted by Gasteiger charge is -2.36. The Balaban J connectivity index is 1.83. The zero-order chi connectivity index (χ0) is 19.0. The quantitative estimate of drug-likeness (QED) is 0.821. The Morgan fingerprint density at radius 1 is 1.19 bits per heavy atom. The molecular formula is C22H18N2O3.